The number of urea groups is 1. The number of aliphatic imine (C=N–C) groups is 1. The van der Waals surface area contributed by atoms with Crippen LogP contribution in [-0.2, 0) is 0 Å². The van der Waals surface area contributed by atoms with Gasteiger partial charge in [-0.15, -0.1) is 0 Å². The van der Waals surface area contributed by atoms with E-state index in [0.717, 1.165) is 28.0 Å². The molecule has 0 aliphatic carbocycles. The molecule has 0 aliphatic rings. The smallest absolute Gasteiger partial charge is 0.318 e. The van der Waals surface area contributed by atoms with Gasteiger partial charge in [0.2, 0.25) is 5.96 Å². The predicted octanol–water partition coefficient (Wildman–Crippen LogP) is 2.98. The van der Waals surface area contributed by atoms with Gasteiger partial charge in [-0.2, -0.15) is 0 Å². The Hall–Kier alpha value is -3.02. The maximum absolute atomic E-state index is 10.9. The fourth-order valence-corrected chi connectivity index (χ4v) is 2.51. The molecular weight excluding hydrogens is 304 g/mol. The van der Waals surface area contributed by atoms with E-state index in [4.69, 9.17) is 16.2 Å². The second-order valence-corrected chi connectivity index (χ2v) is 5.47. The number of rotatable bonds is 4. The van der Waals surface area contributed by atoms with E-state index in [0.29, 0.717) is 12.3 Å². The summed E-state index contributed by atoms with van der Waals surface area (Å²) in [4.78, 5) is 15.2. The molecule has 2 aromatic rings. The maximum atomic E-state index is 10.9. The van der Waals surface area contributed by atoms with Crippen LogP contribution in [0.3, 0.4) is 0 Å². The van der Waals surface area contributed by atoms with Crippen LogP contribution >= 0.6 is 0 Å². The summed E-state index contributed by atoms with van der Waals surface area (Å²) in [7, 11) is 0. The van der Waals surface area contributed by atoms with Gasteiger partial charge in [-0.3, -0.25) is 5.32 Å². The molecule has 0 saturated heterocycles. The summed E-state index contributed by atoms with van der Waals surface area (Å²) < 4.78 is 5.58. The minimum absolute atomic E-state index is 0.0581. The van der Waals surface area contributed by atoms with Crippen molar-refractivity contribution in [1.29, 1.82) is 0 Å². The monoisotopic (exact) mass is 326 g/mol. The summed E-state index contributed by atoms with van der Waals surface area (Å²) in [6.07, 6.45) is 0. The number of nitrogens with two attached hydrogens (primary N) is 2. The van der Waals surface area contributed by atoms with Gasteiger partial charge in [0.1, 0.15) is 5.75 Å². The van der Waals surface area contributed by atoms with Gasteiger partial charge < -0.3 is 16.2 Å². The number of primary amides is 1. The third-order valence-corrected chi connectivity index (χ3v) is 3.30. The first kappa shape index (κ1) is 17.3. The van der Waals surface area contributed by atoms with Gasteiger partial charge in [0.05, 0.1) is 12.3 Å². The third kappa shape index (κ3) is 4.49. The van der Waals surface area contributed by atoms with Crippen LogP contribution in [0.15, 0.2) is 41.4 Å². The van der Waals surface area contributed by atoms with Gasteiger partial charge in [0, 0.05) is 5.56 Å². The number of amides is 2. The summed E-state index contributed by atoms with van der Waals surface area (Å²) in [6, 6.07) is 11.0. The Morgan fingerprint density at radius 3 is 2.38 bits per heavy atom. The van der Waals surface area contributed by atoms with Crippen LogP contribution in [0.2, 0.25) is 0 Å². The zero-order valence-corrected chi connectivity index (χ0v) is 14.1. The first-order valence-corrected chi connectivity index (χ1v) is 7.65. The second kappa shape index (κ2) is 7.50. The quantitative estimate of drug-likeness (QED) is 0.594. The molecule has 0 fully saturated rings. The number of nitrogens with zero attached hydrogens (tertiary/aromatic N) is 1. The average Bonchev–Trinajstić information content (AvgIpc) is 2.47. The van der Waals surface area contributed by atoms with Crippen LogP contribution < -0.4 is 21.5 Å². The van der Waals surface area contributed by atoms with Crippen molar-refractivity contribution in [2.45, 2.75) is 20.8 Å². The van der Waals surface area contributed by atoms with Gasteiger partial charge >= 0.3 is 6.03 Å². The number of guanidine groups is 1. The van der Waals surface area contributed by atoms with Crippen molar-refractivity contribution >= 4 is 17.7 Å². The Bertz CT molecular complexity index is 764. The van der Waals surface area contributed by atoms with Crippen LogP contribution in [0.5, 0.6) is 5.75 Å². The van der Waals surface area contributed by atoms with Gasteiger partial charge in [0.15, 0.2) is 0 Å². The van der Waals surface area contributed by atoms with Crippen molar-refractivity contribution in [3.63, 3.8) is 0 Å². The summed E-state index contributed by atoms with van der Waals surface area (Å²) in [5.74, 6) is 0.685. The number of aryl methyl sites for hydroxylation is 2. The topological polar surface area (TPSA) is 103 Å². The van der Waals surface area contributed by atoms with E-state index in [1.54, 1.807) is 6.07 Å². The van der Waals surface area contributed by atoms with Crippen LogP contribution in [0.1, 0.15) is 18.1 Å². The van der Waals surface area contributed by atoms with E-state index in [2.05, 4.69) is 28.5 Å². The Labute approximate surface area is 141 Å². The van der Waals surface area contributed by atoms with Crippen molar-refractivity contribution in [1.82, 2.24) is 5.32 Å². The first-order chi connectivity index (χ1) is 11.4. The van der Waals surface area contributed by atoms with Gasteiger partial charge in [-0.1, -0.05) is 29.3 Å². The Morgan fingerprint density at radius 2 is 1.79 bits per heavy atom. The number of carbonyl (C=O) groups excluding carboxylic acids is 1. The lowest BCUT2D eigenvalue weighted by molar-refractivity contribution is 0.253. The highest BCUT2D eigenvalue weighted by molar-refractivity contribution is 5.96. The molecule has 6 nitrogen and oxygen atoms in total. The first-order valence-electron chi connectivity index (χ1n) is 7.65. The molecule has 0 aliphatic heterocycles. The van der Waals surface area contributed by atoms with E-state index in [-0.39, 0.29) is 5.96 Å². The lowest BCUT2D eigenvalue weighted by Gasteiger charge is -2.12. The van der Waals surface area contributed by atoms with Crippen LogP contribution in [-0.4, -0.2) is 18.6 Å². The van der Waals surface area contributed by atoms with Crippen molar-refractivity contribution in [2.24, 2.45) is 16.5 Å². The van der Waals surface area contributed by atoms with Crippen molar-refractivity contribution < 1.29 is 9.53 Å². The number of hydrogen-bond acceptors (Lipinski definition) is 3. The van der Waals surface area contributed by atoms with Crippen molar-refractivity contribution in [3.8, 4) is 16.9 Å². The molecule has 2 rings (SSSR count). The lowest BCUT2D eigenvalue weighted by Crippen LogP contribution is -2.39. The highest BCUT2D eigenvalue weighted by Crippen LogP contribution is 2.34. The second-order valence-electron chi connectivity index (χ2n) is 5.47. The summed E-state index contributed by atoms with van der Waals surface area (Å²) in [5, 5.41) is 2.27. The molecule has 6 heteroatoms. The number of ether oxygens (including phenoxy) is 1. The maximum Gasteiger partial charge on any atom is 0.318 e. The molecule has 0 atom stereocenters. The molecule has 0 heterocycles. The SMILES string of the molecule is CCOc1ccc(N=C(N)NC(N)=O)c(-c2cc(C)cc(C)c2)c1. The molecule has 24 heavy (non-hydrogen) atoms. The summed E-state index contributed by atoms with van der Waals surface area (Å²) >= 11 is 0. The van der Waals surface area contributed by atoms with Crippen molar-refractivity contribution in [3.05, 3.63) is 47.5 Å². The minimum atomic E-state index is -0.755. The summed E-state index contributed by atoms with van der Waals surface area (Å²) in [5.41, 5.74) is 15.6. The molecule has 0 saturated carbocycles. The molecule has 126 valence electrons. The lowest BCUT2D eigenvalue weighted by atomic mass is 9.99. The van der Waals surface area contributed by atoms with Crippen LogP contribution in [0.25, 0.3) is 11.1 Å². The van der Waals surface area contributed by atoms with E-state index >= 15 is 0 Å². The number of hydrogen-bond donors (Lipinski definition) is 3. The van der Waals surface area contributed by atoms with Crippen LogP contribution in [0.4, 0.5) is 10.5 Å². The van der Waals surface area contributed by atoms with E-state index < -0.39 is 6.03 Å². The molecule has 0 unspecified atom stereocenters. The summed E-state index contributed by atoms with van der Waals surface area (Å²) in [6.45, 7) is 6.57. The molecule has 5 N–H and O–H groups in total. The molecule has 2 amide bonds. The largest absolute Gasteiger partial charge is 0.494 e. The number of nitrogens with one attached hydrogen (secondary N) is 1. The van der Waals surface area contributed by atoms with E-state index in [9.17, 15) is 4.79 Å². The molecule has 0 bridgehead atoms. The zero-order chi connectivity index (χ0) is 17.7. The van der Waals surface area contributed by atoms with E-state index in [1.807, 2.05) is 32.9 Å². The van der Waals surface area contributed by atoms with Crippen molar-refractivity contribution in [2.75, 3.05) is 6.61 Å². The highest BCUT2D eigenvalue weighted by Gasteiger charge is 2.09. The normalized spacial score (nSPS) is 11.2. The third-order valence-electron chi connectivity index (χ3n) is 3.30. The van der Waals surface area contributed by atoms with Gasteiger partial charge in [-0.25, -0.2) is 9.79 Å². The zero-order valence-electron chi connectivity index (χ0n) is 14.1. The van der Waals surface area contributed by atoms with Gasteiger partial charge in [0.25, 0.3) is 0 Å². The Balaban J connectivity index is 2.56. The fraction of sp³-hybridized carbons (Fsp3) is 0.222. The molecule has 0 aromatic heterocycles. The van der Waals surface area contributed by atoms with E-state index in [1.165, 1.54) is 0 Å². The Morgan fingerprint density at radius 1 is 1.12 bits per heavy atom. The molecule has 2 aromatic carbocycles. The number of benzene rings is 2. The molecule has 0 spiro atoms. The molecular formula is C18H22N4O2. The number of carbonyl (C=O) groups is 1. The predicted molar refractivity (Wildman–Crippen MR) is 96.5 cm³/mol. The van der Waals surface area contributed by atoms with Gasteiger partial charge in [-0.05, 0) is 44.5 Å². The minimum Gasteiger partial charge on any atom is -0.494 e. The fourth-order valence-electron chi connectivity index (χ4n) is 2.51. The van der Waals surface area contributed by atoms with Crippen LogP contribution in [0, 0.1) is 13.8 Å². The highest BCUT2D eigenvalue weighted by atomic mass is 16.5. The average molecular weight is 326 g/mol. The standard InChI is InChI=1S/C18H22N4O2/c1-4-24-14-5-6-16(21-17(19)22-18(20)23)15(10-14)13-8-11(2)7-12(3)9-13/h5-10H,4H2,1-3H3,(H5,19,20,21,22,23). The molecule has 0 radical (unpaired) electrons. The Kier molecular flexibility index (Phi) is 5.42.